The summed E-state index contributed by atoms with van der Waals surface area (Å²) in [7, 11) is -1.87. The molecule has 0 saturated heterocycles. The van der Waals surface area contributed by atoms with Crippen molar-refractivity contribution < 1.29 is 13.2 Å². The third kappa shape index (κ3) is 4.25. The van der Waals surface area contributed by atoms with Gasteiger partial charge in [0.15, 0.2) is 9.84 Å². The lowest BCUT2D eigenvalue weighted by molar-refractivity contribution is -0.118. The maximum absolute atomic E-state index is 13.3. The largest absolute Gasteiger partial charge is 0.337 e. The van der Waals surface area contributed by atoms with Gasteiger partial charge in [0.2, 0.25) is 5.91 Å². The highest BCUT2D eigenvalue weighted by Gasteiger charge is 2.23. The average molecular weight is 433 g/mol. The van der Waals surface area contributed by atoms with Crippen LogP contribution in [-0.2, 0) is 26.9 Å². The highest BCUT2D eigenvalue weighted by Crippen LogP contribution is 2.29. The fraction of sp³-hybridized carbons (Fsp3) is 0.160. The molecule has 0 aliphatic heterocycles. The van der Waals surface area contributed by atoms with Crippen molar-refractivity contribution in [3.05, 3.63) is 96.2 Å². The lowest BCUT2D eigenvalue weighted by Gasteiger charge is -2.18. The molecule has 0 unspecified atom stereocenters. The first kappa shape index (κ1) is 20.9. The van der Waals surface area contributed by atoms with Crippen molar-refractivity contribution in [1.29, 1.82) is 0 Å². The smallest absolute Gasteiger partial charge is 0.246 e. The minimum atomic E-state index is -3.60. The van der Waals surface area contributed by atoms with E-state index in [1.807, 2.05) is 79.7 Å². The number of carbonyl (C=O) groups excluding carboxylic acids is 1. The van der Waals surface area contributed by atoms with Crippen LogP contribution >= 0.6 is 0 Å². The monoisotopic (exact) mass is 432 g/mol. The zero-order chi connectivity index (χ0) is 22.0. The number of likely N-dealkylation sites (N-methyl/N-ethyl adjacent to an activating group) is 1. The van der Waals surface area contributed by atoms with Gasteiger partial charge in [0.05, 0.1) is 10.6 Å². The number of nitrogens with zero attached hydrogens (tertiary/aromatic N) is 2. The van der Waals surface area contributed by atoms with Crippen LogP contribution in [0.1, 0.15) is 11.1 Å². The second kappa shape index (κ2) is 8.40. The molecular weight excluding hydrogens is 408 g/mol. The molecule has 1 heterocycles. The summed E-state index contributed by atoms with van der Waals surface area (Å²) in [5, 5.41) is 0.631. The lowest BCUT2D eigenvalue weighted by Crippen LogP contribution is -2.29. The van der Waals surface area contributed by atoms with Gasteiger partial charge in [-0.05, 0) is 36.2 Å². The summed E-state index contributed by atoms with van der Waals surface area (Å²) >= 11 is 0. The van der Waals surface area contributed by atoms with E-state index in [1.165, 1.54) is 0 Å². The van der Waals surface area contributed by atoms with Crippen LogP contribution in [0.5, 0.6) is 0 Å². The Balaban J connectivity index is 1.69. The van der Waals surface area contributed by atoms with E-state index in [0.29, 0.717) is 5.39 Å². The van der Waals surface area contributed by atoms with Crippen LogP contribution in [0.15, 0.2) is 90.0 Å². The first-order valence-corrected chi connectivity index (χ1v) is 11.7. The van der Waals surface area contributed by atoms with Crippen molar-refractivity contribution in [3.8, 4) is 0 Å². The van der Waals surface area contributed by atoms with Gasteiger partial charge in [-0.1, -0.05) is 60.7 Å². The third-order valence-corrected chi connectivity index (χ3v) is 7.20. The Morgan fingerprint density at radius 2 is 1.55 bits per heavy atom. The van der Waals surface area contributed by atoms with E-state index >= 15 is 0 Å². The van der Waals surface area contributed by atoms with Crippen molar-refractivity contribution >= 4 is 32.3 Å². The van der Waals surface area contributed by atoms with Crippen molar-refractivity contribution in [3.63, 3.8) is 0 Å². The Bertz CT molecular complexity index is 1340. The molecule has 0 aliphatic rings. The predicted octanol–water partition coefficient (Wildman–Crippen LogP) is 4.59. The molecule has 0 saturated carbocycles. The summed E-state index contributed by atoms with van der Waals surface area (Å²) in [5.74, 6) is -0.208. The Morgan fingerprint density at radius 3 is 2.29 bits per heavy atom. The first-order valence-electron chi connectivity index (χ1n) is 10.0. The van der Waals surface area contributed by atoms with E-state index in [1.54, 1.807) is 28.8 Å². The Morgan fingerprint density at radius 1 is 0.903 bits per heavy atom. The number of sulfone groups is 1. The van der Waals surface area contributed by atoms with Crippen LogP contribution < -0.4 is 4.90 Å². The minimum absolute atomic E-state index is 0.0474. The summed E-state index contributed by atoms with van der Waals surface area (Å²) < 4.78 is 28.4. The fourth-order valence-corrected chi connectivity index (χ4v) is 5.38. The van der Waals surface area contributed by atoms with Crippen LogP contribution in [0.3, 0.4) is 0 Å². The number of anilines is 1. The molecule has 0 radical (unpaired) electrons. The maximum atomic E-state index is 13.3. The van der Waals surface area contributed by atoms with Gasteiger partial charge < -0.3 is 9.47 Å². The predicted molar refractivity (Wildman–Crippen MR) is 124 cm³/mol. The van der Waals surface area contributed by atoms with Crippen LogP contribution in [0.4, 0.5) is 5.69 Å². The molecule has 31 heavy (non-hydrogen) atoms. The molecule has 1 amide bonds. The molecule has 0 fully saturated rings. The topological polar surface area (TPSA) is 59.4 Å². The number of rotatable bonds is 6. The molecule has 3 aromatic carbocycles. The van der Waals surface area contributed by atoms with E-state index in [-0.39, 0.29) is 23.1 Å². The number of para-hydroxylation sites is 2. The molecule has 0 spiro atoms. The summed E-state index contributed by atoms with van der Waals surface area (Å²) in [6, 6.07) is 24.2. The highest BCUT2D eigenvalue weighted by molar-refractivity contribution is 7.90. The van der Waals surface area contributed by atoms with Gasteiger partial charge in [0.1, 0.15) is 6.54 Å². The molecule has 6 heteroatoms. The van der Waals surface area contributed by atoms with Crippen LogP contribution in [0, 0.1) is 6.92 Å². The zero-order valence-corrected chi connectivity index (χ0v) is 18.3. The van der Waals surface area contributed by atoms with Gasteiger partial charge in [-0.15, -0.1) is 0 Å². The minimum Gasteiger partial charge on any atom is -0.337 e. The number of hydrogen-bond acceptors (Lipinski definition) is 3. The number of benzene rings is 3. The Kier molecular flexibility index (Phi) is 5.65. The van der Waals surface area contributed by atoms with Crippen molar-refractivity contribution in [2.24, 2.45) is 0 Å². The summed E-state index contributed by atoms with van der Waals surface area (Å²) in [4.78, 5) is 14.7. The quantitative estimate of drug-likeness (QED) is 0.448. The number of aromatic nitrogens is 1. The number of carbonyl (C=O) groups is 1. The zero-order valence-electron chi connectivity index (χ0n) is 17.5. The summed E-state index contributed by atoms with van der Waals surface area (Å²) in [5.41, 5.74) is 3.23. The van der Waals surface area contributed by atoms with Crippen LogP contribution in [0.2, 0.25) is 0 Å². The number of hydrogen-bond donors (Lipinski definition) is 0. The highest BCUT2D eigenvalue weighted by atomic mass is 32.2. The van der Waals surface area contributed by atoms with Crippen LogP contribution in [0.25, 0.3) is 10.9 Å². The summed E-state index contributed by atoms with van der Waals surface area (Å²) in [6.07, 6.45) is 1.59. The van der Waals surface area contributed by atoms with E-state index in [0.717, 1.165) is 22.3 Å². The van der Waals surface area contributed by atoms with Gasteiger partial charge in [-0.2, -0.15) is 0 Å². The van der Waals surface area contributed by atoms with E-state index in [2.05, 4.69) is 0 Å². The number of aryl methyl sites for hydroxylation is 1. The van der Waals surface area contributed by atoms with Crippen molar-refractivity contribution in [2.75, 3.05) is 11.9 Å². The number of amides is 1. The normalized spacial score (nSPS) is 11.5. The molecule has 0 bridgehead atoms. The second-order valence-electron chi connectivity index (χ2n) is 7.61. The van der Waals surface area contributed by atoms with E-state index in [4.69, 9.17) is 0 Å². The fourth-order valence-electron chi connectivity index (χ4n) is 3.69. The van der Waals surface area contributed by atoms with Gasteiger partial charge in [0, 0.05) is 29.8 Å². The van der Waals surface area contributed by atoms with E-state index in [9.17, 15) is 13.2 Å². The molecule has 1 aromatic heterocycles. The molecule has 0 aliphatic carbocycles. The molecule has 4 rings (SSSR count). The Labute approximate surface area is 182 Å². The van der Waals surface area contributed by atoms with Gasteiger partial charge in [-0.25, -0.2) is 8.42 Å². The maximum Gasteiger partial charge on any atom is 0.246 e. The van der Waals surface area contributed by atoms with Crippen molar-refractivity contribution in [2.45, 2.75) is 24.1 Å². The van der Waals surface area contributed by atoms with E-state index < -0.39 is 9.84 Å². The third-order valence-electron chi connectivity index (χ3n) is 5.52. The molecule has 158 valence electrons. The molecular formula is C25H24N2O3S. The SMILES string of the molecule is Cc1ccccc1CS(=O)(=O)c1cn(CC(=O)N(C)c2ccccc2)c2ccccc12. The first-order chi connectivity index (χ1) is 14.9. The van der Waals surface area contributed by atoms with Crippen molar-refractivity contribution in [1.82, 2.24) is 4.57 Å². The summed E-state index contributed by atoms with van der Waals surface area (Å²) in [6.45, 7) is 1.96. The number of fused-ring (bicyclic) bond motifs is 1. The van der Waals surface area contributed by atoms with Gasteiger partial charge in [-0.3, -0.25) is 4.79 Å². The van der Waals surface area contributed by atoms with Crippen LogP contribution in [-0.4, -0.2) is 25.9 Å². The molecule has 0 atom stereocenters. The molecule has 5 nitrogen and oxygen atoms in total. The Hall–Kier alpha value is -3.38. The second-order valence-corrected chi connectivity index (χ2v) is 9.57. The lowest BCUT2D eigenvalue weighted by atomic mass is 10.1. The standard InChI is InChI=1S/C25H24N2O3S/c1-19-10-6-7-11-20(19)18-31(29,30)24-16-27(23-15-9-8-14-22(23)24)17-25(28)26(2)21-12-4-3-5-13-21/h3-16H,17-18H2,1-2H3. The van der Waals surface area contributed by atoms with Gasteiger partial charge >= 0.3 is 0 Å². The molecule has 4 aromatic rings. The molecule has 0 N–H and O–H groups in total. The van der Waals surface area contributed by atoms with Gasteiger partial charge in [0.25, 0.3) is 0 Å². The average Bonchev–Trinajstić information content (AvgIpc) is 3.15.